The number of ether oxygens (including phenoxy) is 3. The van der Waals surface area contributed by atoms with Crippen molar-refractivity contribution in [3.8, 4) is 5.75 Å². The number of carbonyl (C=O) groups is 2. The van der Waals surface area contributed by atoms with Gasteiger partial charge in [-0.15, -0.1) is 0 Å². The third-order valence-corrected chi connectivity index (χ3v) is 7.84. The SMILES string of the molecule is [2H]C1([2H])[C@@H]2NCCC[C@@H]2C([2H])([2H])N1c1c(F)cc2c(=O)c(C(=O)O[C@@H]3O[C@H](C(=O)O)[C@@H](O)[C@H](O)[C@H]3O)cn(C3CC3)c2c1OC. The van der Waals surface area contributed by atoms with Gasteiger partial charge in [-0.25, -0.2) is 14.0 Å². The summed E-state index contributed by atoms with van der Waals surface area (Å²) < 4.78 is 68.8. The van der Waals surface area contributed by atoms with Gasteiger partial charge in [0.05, 0.1) is 20.8 Å². The minimum absolute atomic E-state index is 0.00850. The van der Waals surface area contributed by atoms with Crippen molar-refractivity contribution in [1.82, 2.24) is 9.88 Å². The lowest BCUT2D eigenvalue weighted by molar-refractivity contribution is -0.278. The second-order valence-electron chi connectivity index (χ2n) is 10.6. The van der Waals surface area contributed by atoms with Crippen molar-refractivity contribution in [3.05, 3.63) is 33.9 Å². The van der Waals surface area contributed by atoms with Crippen molar-refractivity contribution < 1.29 is 54.1 Å². The van der Waals surface area contributed by atoms with Crippen LogP contribution in [0, 0.1) is 11.7 Å². The Labute approximate surface area is 238 Å². The molecule has 1 saturated carbocycles. The number of halogens is 1. The van der Waals surface area contributed by atoms with Crippen molar-refractivity contribution in [1.29, 1.82) is 0 Å². The number of pyridine rings is 1. The third-order valence-electron chi connectivity index (χ3n) is 7.84. The van der Waals surface area contributed by atoms with E-state index in [4.69, 9.17) is 19.7 Å². The lowest BCUT2D eigenvalue weighted by atomic mass is 9.94. The number of hydrogen-bond acceptors (Lipinski definition) is 11. The van der Waals surface area contributed by atoms with Crippen LogP contribution in [0.1, 0.15) is 47.6 Å². The molecule has 4 fully saturated rings. The highest BCUT2D eigenvalue weighted by Gasteiger charge is 2.49. The molecule has 1 aliphatic carbocycles. The molecule has 0 unspecified atom stereocenters. The van der Waals surface area contributed by atoms with Gasteiger partial charge in [-0.3, -0.25) is 4.79 Å². The van der Waals surface area contributed by atoms with Gasteiger partial charge in [-0.1, -0.05) is 0 Å². The molecule has 0 spiro atoms. The molecule has 14 heteroatoms. The molecule has 41 heavy (non-hydrogen) atoms. The zero-order valence-corrected chi connectivity index (χ0v) is 21.8. The van der Waals surface area contributed by atoms with Gasteiger partial charge in [-0.05, 0) is 44.2 Å². The highest BCUT2D eigenvalue weighted by molar-refractivity contribution is 5.98. The number of fused-ring (bicyclic) bond motifs is 2. The van der Waals surface area contributed by atoms with E-state index in [9.17, 15) is 34.8 Å². The highest BCUT2D eigenvalue weighted by Crippen LogP contribution is 2.45. The van der Waals surface area contributed by atoms with Gasteiger partial charge in [0.1, 0.15) is 29.6 Å². The highest BCUT2D eigenvalue weighted by atomic mass is 19.1. The third kappa shape index (κ3) is 4.73. The number of aromatic nitrogens is 1. The van der Waals surface area contributed by atoms with E-state index in [0.717, 1.165) is 17.2 Å². The fourth-order valence-corrected chi connectivity index (χ4v) is 5.58. The average Bonchev–Trinajstić information content (AvgIpc) is 3.81. The Kier molecular flexibility index (Phi) is 5.97. The summed E-state index contributed by atoms with van der Waals surface area (Å²) >= 11 is 0. The van der Waals surface area contributed by atoms with E-state index in [1.54, 1.807) is 0 Å². The van der Waals surface area contributed by atoms with E-state index >= 15 is 4.39 Å². The van der Waals surface area contributed by atoms with E-state index in [1.165, 1.54) is 11.7 Å². The van der Waals surface area contributed by atoms with Crippen LogP contribution >= 0.6 is 0 Å². The van der Waals surface area contributed by atoms with Gasteiger partial charge in [-0.2, -0.15) is 0 Å². The predicted octanol–water partition coefficient (Wildman–Crippen LogP) is -0.279. The molecule has 0 radical (unpaired) electrons. The van der Waals surface area contributed by atoms with E-state index in [0.29, 0.717) is 32.2 Å². The fourth-order valence-electron chi connectivity index (χ4n) is 5.58. The maximum Gasteiger partial charge on any atom is 0.346 e. The molecule has 4 aliphatic rings. The molecule has 2 aromatic rings. The number of aliphatic hydroxyl groups excluding tert-OH is 3. The van der Waals surface area contributed by atoms with Crippen molar-refractivity contribution in [3.63, 3.8) is 0 Å². The Morgan fingerprint density at radius 1 is 1.17 bits per heavy atom. The lowest BCUT2D eigenvalue weighted by Crippen LogP contribution is -2.60. The molecule has 4 heterocycles. The number of hydrogen-bond donors (Lipinski definition) is 5. The van der Waals surface area contributed by atoms with Crippen LogP contribution in [-0.2, 0) is 14.3 Å². The molecule has 6 rings (SSSR count). The first kappa shape index (κ1) is 23.3. The van der Waals surface area contributed by atoms with Crippen LogP contribution in [0.2, 0.25) is 0 Å². The Bertz CT molecular complexity index is 1600. The minimum atomic E-state index is -2.41. The van der Waals surface area contributed by atoms with E-state index < -0.39 is 90.1 Å². The van der Waals surface area contributed by atoms with Crippen LogP contribution in [0.25, 0.3) is 10.9 Å². The number of methoxy groups -OCH3 is 1. The molecule has 13 nitrogen and oxygen atoms in total. The number of anilines is 1. The summed E-state index contributed by atoms with van der Waals surface area (Å²) in [4.78, 5) is 39.1. The van der Waals surface area contributed by atoms with E-state index in [2.05, 4.69) is 5.32 Å². The summed E-state index contributed by atoms with van der Waals surface area (Å²) in [6, 6.07) is -0.492. The van der Waals surface area contributed by atoms with Gasteiger partial charge in [0.15, 0.2) is 17.7 Å². The molecule has 3 saturated heterocycles. The second kappa shape index (κ2) is 10.5. The summed E-state index contributed by atoms with van der Waals surface area (Å²) in [5.74, 6) is -5.42. The zero-order valence-electron chi connectivity index (χ0n) is 25.8. The Hall–Kier alpha value is -3.30. The fraction of sp³-hybridized carbons (Fsp3) is 0.593. The molecular weight excluding hydrogens is 545 g/mol. The number of nitrogens with zero attached hydrogens (tertiary/aromatic N) is 2. The second-order valence-corrected chi connectivity index (χ2v) is 10.6. The van der Waals surface area contributed by atoms with Crippen molar-refractivity contribution in [2.45, 2.75) is 68.5 Å². The lowest BCUT2D eigenvalue weighted by Gasteiger charge is -2.37. The van der Waals surface area contributed by atoms with Crippen LogP contribution in [0.3, 0.4) is 0 Å². The Morgan fingerprint density at radius 2 is 1.93 bits per heavy atom. The van der Waals surface area contributed by atoms with Gasteiger partial charge in [0.25, 0.3) is 0 Å². The zero-order chi connectivity index (χ0) is 32.7. The predicted molar refractivity (Wildman–Crippen MR) is 139 cm³/mol. The van der Waals surface area contributed by atoms with Crippen LogP contribution in [0.5, 0.6) is 5.75 Å². The maximum atomic E-state index is 16.2. The molecule has 0 amide bonds. The number of benzene rings is 1. The molecular formula is C27H32FN3O10. The number of aliphatic hydroxyl groups is 3. The maximum absolute atomic E-state index is 16.2. The number of carboxylic acids is 1. The van der Waals surface area contributed by atoms with Crippen LogP contribution in [0.15, 0.2) is 17.1 Å². The molecule has 7 atom stereocenters. The van der Waals surface area contributed by atoms with Crippen LogP contribution in [0.4, 0.5) is 10.1 Å². The summed E-state index contributed by atoms with van der Waals surface area (Å²) in [6.45, 7) is -4.30. The van der Waals surface area contributed by atoms with E-state index in [1.807, 2.05) is 0 Å². The first-order valence-electron chi connectivity index (χ1n) is 15.2. The van der Waals surface area contributed by atoms with Crippen molar-refractivity contribution in [2.75, 3.05) is 31.5 Å². The normalized spacial score (nSPS) is 35.5. The topological polar surface area (TPSA) is 180 Å². The summed E-state index contributed by atoms with van der Waals surface area (Å²) in [5.41, 5.74) is -2.25. The van der Waals surface area contributed by atoms with Gasteiger partial charge < -0.3 is 49.4 Å². The molecule has 0 bridgehead atoms. The minimum Gasteiger partial charge on any atom is -0.492 e. The number of carbonyl (C=O) groups excluding carboxylic acids is 1. The summed E-state index contributed by atoms with van der Waals surface area (Å²) in [6.07, 6.45) is -7.11. The average molecular weight is 582 g/mol. The number of rotatable bonds is 6. The Balaban J connectivity index is 1.47. The van der Waals surface area contributed by atoms with Gasteiger partial charge >= 0.3 is 11.9 Å². The number of piperidine rings is 1. The summed E-state index contributed by atoms with van der Waals surface area (Å²) in [7, 11) is 1.18. The summed E-state index contributed by atoms with van der Waals surface area (Å²) in [5, 5.41) is 42.2. The molecule has 3 aliphatic heterocycles. The number of aliphatic carboxylic acids is 1. The van der Waals surface area contributed by atoms with Crippen LogP contribution in [-0.4, -0.2) is 100 Å². The Morgan fingerprint density at radius 3 is 2.59 bits per heavy atom. The number of carboxylic acid groups (broad SMARTS) is 1. The smallest absolute Gasteiger partial charge is 0.346 e. The van der Waals surface area contributed by atoms with Gasteiger partial charge in [0, 0.05) is 34.0 Å². The molecule has 5 N–H and O–H groups in total. The number of nitrogens with one attached hydrogen (secondary N) is 1. The largest absolute Gasteiger partial charge is 0.492 e. The molecule has 1 aromatic carbocycles. The quantitative estimate of drug-likeness (QED) is 0.282. The first-order valence-corrected chi connectivity index (χ1v) is 13.2. The first-order chi connectivity index (χ1) is 21.1. The van der Waals surface area contributed by atoms with E-state index in [-0.39, 0.29) is 22.7 Å². The van der Waals surface area contributed by atoms with Crippen LogP contribution < -0.4 is 20.4 Å². The standard InChI is InChI=1S/C27H32FN3O10/c1-39-23-17-13(7-15(28)18(23)30-8-11-3-2-6-29-16(11)10-30)19(32)14(9-31(17)12-4-5-12)26(38)41-27-22(35)20(33)21(34)24(40-27)25(36)37/h7,9,11-12,16,20-22,24,27,29,33-35H,2-6,8,10H2,1H3,(H,36,37)/t11-,16+,20+,21+,22-,24+,27+/m1/s1/i8D2,10D2. The van der Waals surface area contributed by atoms with Gasteiger partial charge in [0.2, 0.25) is 11.7 Å². The number of esters is 1. The molecule has 1 aromatic heterocycles. The van der Waals surface area contributed by atoms with Crippen molar-refractivity contribution in [2.24, 2.45) is 5.92 Å². The monoisotopic (exact) mass is 581 g/mol. The van der Waals surface area contributed by atoms with Crippen molar-refractivity contribution >= 4 is 28.5 Å². The molecule has 222 valence electrons.